The normalized spacial score (nSPS) is 10.5. The minimum absolute atomic E-state index is 0.470. The molecule has 0 heterocycles. The van der Waals surface area contributed by atoms with Crippen molar-refractivity contribution in [2.75, 3.05) is 24.7 Å². The molecule has 0 saturated heterocycles. The van der Waals surface area contributed by atoms with E-state index in [0.717, 1.165) is 23.7 Å². The minimum Gasteiger partial charge on any atom is -0.496 e. The van der Waals surface area contributed by atoms with Crippen LogP contribution in [-0.4, -0.2) is 19.4 Å². The largest absolute Gasteiger partial charge is 0.496 e. The number of thiol groups is 1. The van der Waals surface area contributed by atoms with Crippen molar-refractivity contribution >= 4 is 18.3 Å². The fourth-order valence-electron chi connectivity index (χ4n) is 1.50. The van der Waals surface area contributed by atoms with E-state index in [0.29, 0.717) is 5.92 Å². The van der Waals surface area contributed by atoms with Crippen molar-refractivity contribution in [1.29, 1.82) is 0 Å². The molecule has 84 valence electrons. The molecule has 0 saturated carbocycles. The summed E-state index contributed by atoms with van der Waals surface area (Å²) in [6.07, 6.45) is 0. The zero-order chi connectivity index (χ0) is 11.3. The van der Waals surface area contributed by atoms with Crippen molar-refractivity contribution in [3.8, 4) is 5.75 Å². The van der Waals surface area contributed by atoms with Crippen molar-refractivity contribution in [2.45, 2.75) is 19.8 Å². The second kappa shape index (κ2) is 5.91. The molecule has 0 amide bonds. The first-order valence-corrected chi connectivity index (χ1v) is 5.85. The number of nitrogens with one attached hydrogen (secondary N) is 1. The van der Waals surface area contributed by atoms with E-state index < -0.39 is 0 Å². The molecule has 0 radical (unpaired) electrons. The van der Waals surface area contributed by atoms with Gasteiger partial charge < -0.3 is 10.1 Å². The topological polar surface area (TPSA) is 21.3 Å². The van der Waals surface area contributed by atoms with Gasteiger partial charge in [0.05, 0.1) is 7.11 Å². The zero-order valence-electron chi connectivity index (χ0n) is 9.58. The molecule has 3 heteroatoms. The summed E-state index contributed by atoms with van der Waals surface area (Å²) in [6.45, 7) is 5.22. The van der Waals surface area contributed by atoms with Gasteiger partial charge in [0.15, 0.2) is 0 Å². The van der Waals surface area contributed by atoms with Crippen LogP contribution in [0.5, 0.6) is 5.75 Å². The van der Waals surface area contributed by atoms with Gasteiger partial charge >= 0.3 is 0 Å². The smallest absolute Gasteiger partial charge is 0.122 e. The Kier molecular flexibility index (Phi) is 4.82. The van der Waals surface area contributed by atoms with E-state index in [4.69, 9.17) is 4.74 Å². The van der Waals surface area contributed by atoms with Crippen molar-refractivity contribution in [2.24, 2.45) is 0 Å². The van der Waals surface area contributed by atoms with Gasteiger partial charge in [-0.25, -0.2) is 0 Å². The molecule has 2 nitrogen and oxygen atoms in total. The van der Waals surface area contributed by atoms with E-state index >= 15 is 0 Å². The van der Waals surface area contributed by atoms with Crippen LogP contribution in [-0.2, 0) is 0 Å². The number of methoxy groups -OCH3 is 1. The van der Waals surface area contributed by atoms with Crippen molar-refractivity contribution < 1.29 is 4.74 Å². The third-order valence-electron chi connectivity index (χ3n) is 2.29. The molecule has 1 N–H and O–H groups in total. The summed E-state index contributed by atoms with van der Waals surface area (Å²) >= 11 is 4.17. The Balaban J connectivity index is 2.89. The van der Waals surface area contributed by atoms with Crippen LogP contribution in [0.3, 0.4) is 0 Å². The lowest BCUT2D eigenvalue weighted by Crippen LogP contribution is -2.03. The highest BCUT2D eigenvalue weighted by atomic mass is 32.1. The lowest BCUT2D eigenvalue weighted by atomic mass is 10.0. The molecule has 0 spiro atoms. The number of anilines is 1. The van der Waals surface area contributed by atoms with Crippen molar-refractivity contribution in [3.05, 3.63) is 23.8 Å². The predicted octanol–water partition coefficient (Wildman–Crippen LogP) is 3.16. The highest BCUT2D eigenvalue weighted by Crippen LogP contribution is 2.28. The summed E-state index contributed by atoms with van der Waals surface area (Å²) in [7, 11) is 1.71. The Hall–Kier alpha value is -0.830. The minimum atomic E-state index is 0.470. The van der Waals surface area contributed by atoms with Crippen LogP contribution in [0.1, 0.15) is 25.3 Å². The van der Waals surface area contributed by atoms with Crippen LogP contribution in [0, 0.1) is 0 Å². The number of benzene rings is 1. The van der Waals surface area contributed by atoms with E-state index in [-0.39, 0.29) is 0 Å². The highest BCUT2D eigenvalue weighted by molar-refractivity contribution is 7.80. The van der Waals surface area contributed by atoms with Crippen LogP contribution in [0.4, 0.5) is 5.69 Å². The Labute approximate surface area is 97.4 Å². The second-order valence-electron chi connectivity index (χ2n) is 3.76. The molecule has 0 bridgehead atoms. The first-order chi connectivity index (χ1) is 7.19. The summed E-state index contributed by atoms with van der Waals surface area (Å²) in [5, 5.41) is 3.31. The van der Waals surface area contributed by atoms with Crippen LogP contribution < -0.4 is 10.1 Å². The van der Waals surface area contributed by atoms with Crippen molar-refractivity contribution in [1.82, 2.24) is 0 Å². The monoisotopic (exact) mass is 225 g/mol. The van der Waals surface area contributed by atoms with Gasteiger partial charge in [0.1, 0.15) is 5.75 Å². The number of hydrogen-bond donors (Lipinski definition) is 2. The fourth-order valence-corrected chi connectivity index (χ4v) is 1.61. The summed E-state index contributed by atoms with van der Waals surface area (Å²) in [5.41, 5.74) is 2.37. The lowest BCUT2D eigenvalue weighted by Gasteiger charge is -2.14. The number of ether oxygens (including phenoxy) is 1. The van der Waals surface area contributed by atoms with E-state index in [9.17, 15) is 0 Å². The maximum Gasteiger partial charge on any atom is 0.122 e. The van der Waals surface area contributed by atoms with Gasteiger partial charge in [-0.15, -0.1) is 0 Å². The van der Waals surface area contributed by atoms with Gasteiger partial charge in [-0.2, -0.15) is 12.6 Å². The van der Waals surface area contributed by atoms with E-state index in [1.165, 1.54) is 5.56 Å². The highest BCUT2D eigenvalue weighted by Gasteiger charge is 2.07. The maximum atomic E-state index is 5.32. The summed E-state index contributed by atoms with van der Waals surface area (Å²) < 4.78 is 5.32. The van der Waals surface area contributed by atoms with Crippen molar-refractivity contribution in [3.63, 3.8) is 0 Å². The van der Waals surface area contributed by atoms with Gasteiger partial charge in [0.25, 0.3) is 0 Å². The SMILES string of the molecule is COc1ccc(NCCS)cc1C(C)C. The molecule has 0 aromatic heterocycles. The van der Waals surface area contributed by atoms with Crippen LogP contribution in [0.2, 0.25) is 0 Å². The molecule has 1 aromatic carbocycles. The van der Waals surface area contributed by atoms with E-state index in [2.05, 4.69) is 37.9 Å². The fraction of sp³-hybridized carbons (Fsp3) is 0.500. The third kappa shape index (κ3) is 3.34. The Morgan fingerprint density at radius 2 is 2.13 bits per heavy atom. The lowest BCUT2D eigenvalue weighted by molar-refractivity contribution is 0.407. The average molecular weight is 225 g/mol. The molecule has 0 atom stereocenters. The van der Waals surface area contributed by atoms with E-state index in [1.807, 2.05) is 12.1 Å². The molecular formula is C12H19NOS. The molecule has 0 aliphatic carbocycles. The van der Waals surface area contributed by atoms with Crippen LogP contribution in [0.25, 0.3) is 0 Å². The van der Waals surface area contributed by atoms with Gasteiger partial charge in [0.2, 0.25) is 0 Å². The number of hydrogen-bond acceptors (Lipinski definition) is 3. The van der Waals surface area contributed by atoms with Gasteiger partial charge in [-0.05, 0) is 29.7 Å². The van der Waals surface area contributed by atoms with E-state index in [1.54, 1.807) is 7.11 Å². The molecule has 15 heavy (non-hydrogen) atoms. The first kappa shape index (κ1) is 12.2. The Morgan fingerprint density at radius 3 is 2.67 bits per heavy atom. The summed E-state index contributed by atoms with van der Waals surface area (Å²) in [4.78, 5) is 0. The Morgan fingerprint density at radius 1 is 1.40 bits per heavy atom. The van der Waals surface area contributed by atoms with Crippen LogP contribution >= 0.6 is 12.6 Å². The molecular weight excluding hydrogens is 206 g/mol. The van der Waals surface area contributed by atoms with Gasteiger partial charge in [-0.1, -0.05) is 13.8 Å². The summed E-state index contributed by atoms with van der Waals surface area (Å²) in [6, 6.07) is 6.19. The molecule has 1 rings (SSSR count). The maximum absolute atomic E-state index is 5.32. The predicted molar refractivity (Wildman–Crippen MR) is 69.4 cm³/mol. The molecule has 0 unspecified atom stereocenters. The quantitative estimate of drug-likeness (QED) is 0.751. The molecule has 0 aliphatic heterocycles. The van der Waals surface area contributed by atoms with Gasteiger partial charge in [0, 0.05) is 18.0 Å². The molecule has 0 aliphatic rings. The van der Waals surface area contributed by atoms with Gasteiger partial charge in [-0.3, -0.25) is 0 Å². The average Bonchev–Trinajstić information content (AvgIpc) is 2.25. The summed E-state index contributed by atoms with van der Waals surface area (Å²) in [5.74, 6) is 2.27. The second-order valence-corrected chi connectivity index (χ2v) is 4.21. The molecule has 0 fully saturated rings. The number of rotatable bonds is 5. The third-order valence-corrected chi connectivity index (χ3v) is 2.52. The molecule has 1 aromatic rings. The standard InChI is InChI=1S/C12H19NOS/c1-9(2)11-8-10(13-6-7-15)4-5-12(11)14-3/h4-5,8-9,13,15H,6-7H2,1-3H3. The Bertz CT molecular complexity index is 312. The first-order valence-electron chi connectivity index (χ1n) is 5.21. The zero-order valence-corrected chi connectivity index (χ0v) is 10.5. The van der Waals surface area contributed by atoms with Crippen LogP contribution in [0.15, 0.2) is 18.2 Å².